The molecule has 0 aromatic carbocycles. The van der Waals surface area contributed by atoms with Crippen LogP contribution >= 0.6 is 0 Å². The van der Waals surface area contributed by atoms with Crippen molar-refractivity contribution < 1.29 is 42.9 Å². The van der Waals surface area contributed by atoms with E-state index in [1.807, 2.05) is 21.1 Å². The van der Waals surface area contributed by atoms with Crippen LogP contribution in [0.25, 0.3) is 0 Å². The Balaban J connectivity index is 4.03. The largest absolute Gasteiger partial charge is 0.477 e. The molecule has 9 nitrogen and oxygen atoms in total. The van der Waals surface area contributed by atoms with Crippen LogP contribution in [0.2, 0.25) is 0 Å². The van der Waals surface area contributed by atoms with E-state index in [0.29, 0.717) is 17.4 Å². The summed E-state index contributed by atoms with van der Waals surface area (Å²) in [4.78, 5) is 37.7. The second-order valence-corrected chi connectivity index (χ2v) is 26.9. The van der Waals surface area contributed by atoms with Crippen LogP contribution in [0.15, 0.2) is 122 Å². The zero-order valence-electron chi connectivity index (χ0n) is 61.1. The first-order chi connectivity index (χ1) is 45.6. The molecule has 1 N–H and O–H groups in total. The molecule has 9 heteroatoms. The van der Waals surface area contributed by atoms with Gasteiger partial charge in [-0.3, -0.25) is 9.59 Å². The van der Waals surface area contributed by atoms with E-state index in [0.717, 1.165) is 103 Å². The highest BCUT2D eigenvalue weighted by Gasteiger charge is 2.25. The fourth-order valence-corrected chi connectivity index (χ4v) is 10.9. The number of hydrogen-bond acceptors (Lipinski definition) is 7. The predicted molar refractivity (Wildman–Crippen MR) is 401 cm³/mol. The van der Waals surface area contributed by atoms with Gasteiger partial charge < -0.3 is 28.5 Å². The number of carboxylic acid groups (broad SMARTS) is 1. The number of allylic oxidation sites excluding steroid dienone is 20. The molecule has 0 rings (SSSR count). The second kappa shape index (κ2) is 73.5. The summed E-state index contributed by atoms with van der Waals surface area (Å²) in [6.07, 6.45) is 102. The Morgan fingerprint density at radius 1 is 0.323 bits per heavy atom. The third kappa shape index (κ3) is 74.9. The summed E-state index contributed by atoms with van der Waals surface area (Å²) in [5, 5.41) is 9.77. The molecule has 2 atom stereocenters. The summed E-state index contributed by atoms with van der Waals surface area (Å²) in [5.41, 5.74) is 0. The number of aliphatic carboxylic acids is 1. The Morgan fingerprint density at radius 2 is 0.581 bits per heavy atom. The van der Waals surface area contributed by atoms with E-state index < -0.39 is 24.3 Å². The van der Waals surface area contributed by atoms with E-state index >= 15 is 0 Å². The number of esters is 2. The number of likely N-dealkylation sites (N-methyl/N-ethyl adjacent to an activating group) is 1. The van der Waals surface area contributed by atoms with Crippen LogP contribution in [0.1, 0.15) is 335 Å². The number of quaternary nitrogens is 1. The summed E-state index contributed by atoms with van der Waals surface area (Å²) in [7, 11) is 5.99. The average Bonchev–Trinajstić information content (AvgIpc) is 3.73. The molecule has 0 radical (unpaired) electrons. The van der Waals surface area contributed by atoms with Crippen molar-refractivity contribution in [1.82, 2.24) is 0 Å². The predicted octanol–water partition coefficient (Wildman–Crippen LogP) is 24.7. The molecule has 2 unspecified atom stereocenters. The summed E-state index contributed by atoms with van der Waals surface area (Å²) >= 11 is 0. The molecular weight excluding hydrogens is 1150 g/mol. The van der Waals surface area contributed by atoms with Gasteiger partial charge in [-0.15, -0.1) is 0 Å². The maximum atomic E-state index is 13.0. The van der Waals surface area contributed by atoms with Crippen molar-refractivity contribution in [3.63, 3.8) is 0 Å². The van der Waals surface area contributed by atoms with Gasteiger partial charge in [-0.1, -0.05) is 341 Å². The van der Waals surface area contributed by atoms with Gasteiger partial charge in [-0.2, -0.15) is 0 Å². The topological polar surface area (TPSA) is 108 Å². The molecule has 0 aromatic rings. The van der Waals surface area contributed by atoms with Crippen molar-refractivity contribution in [3.05, 3.63) is 122 Å². The van der Waals surface area contributed by atoms with E-state index in [-0.39, 0.29) is 32.2 Å². The van der Waals surface area contributed by atoms with Gasteiger partial charge in [0.05, 0.1) is 34.4 Å². The highest BCUT2D eigenvalue weighted by molar-refractivity contribution is 5.71. The van der Waals surface area contributed by atoms with Crippen LogP contribution in [-0.4, -0.2) is 87.4 Å². The van der Waals surface area contributed by atoms with Gasteiger partial charge in [-0.05, 0) is 103 Å². The third-order valence-corrected chi connectivity index (χ3v) is 16.7. The molecule has 0 aliphatic heterocycles. The molecule has 0 aliphatic carbocycles. The molecule has 0 bridgehead atoms. The SMILES string of the molecule is CC/C=C\C/C=C\C/C=C\C/C=C\C/C=C\C/C=C\CCCCCCCCCCCCCCCCCCCCC(=O)OC(COC(=O)CCCCCCCCCCCCCCCCCCCC/C=C\C/C=C\C/C=C\C/C=C\CC)COC(OCC[N+](C)(C)C)C(=O)O. The number of carbonyl (C=O) groups excluding carboxylic acids is 2. The summed E-state index contributed by atoms with van der Waals surface area (Å²) in [5.74, 6) is -1.99. The minimum atomic E-state index is -1.51. The van der Waals surface area contributed by atoms with Crippen molar-refractivity contribution in [2.24, 2.45) is 0 Å². The first-order valence-electron chi connectivity index (χ1n) is 38.7. The van der Waals surface area contributed by atoms with Crippen molar-refractivity contribution in [2.45, 2.75) is 347 Å². The number of carbonyl (C=O) groups is 3. The molecule has 0 aromatic heterocycles. The van der Waals surface area contributed by atoms with E-state index in [9.17, 15) is 19.5 Å². The van der Waals surface area contributed by atoms with Crippen molar-refractivity contribution in [2.75, 3.05) is 47.5 Å². The van der Waals surface area contributed by atoms with E-state index in [1.54, 1.807) is 0 Å². The van der Waals surface area contributed by atoms with Crippen LogP contribution in [0.4, 0.5) is 0 Å². The highest BCUT2D eigenvalue weighted by Crippen LogP contribution is 2.18. The number of unbranched alkanes of at least 4 members (excludes halogenated alkanes) is 36. The molecule has 0 aliphatic rings. The fourth-order valence-electron chi connectivity index (χ4n) is 10.9. The summed E-state index contributed by atoms with van der Waals surface area (Å²) in [6, 6.07) is 0. The Labute approximate surface area is 574 Å². The maximum Gasteiger partial charge on any atom is 0.361 e. The molecule has 534 valence electrons. The lowest BCUT2D eigenvalue weighted by molar-refractivity contribution is -0.870. The molecule has 0 spiro atoms. The number of ether oxygens (including phenoxy) is 4. The Bertz CT molecular complexity index is 1950. The van der Waals surface area contributed by atoms with Crippen molar-refractivity contribution >= 4 is 17.9 Å². The van der Waals surface area contributed by atoms with E-state index in [4.69, 9.17) is 18.9 Å². The van der Waals surface area contributed by atoms with Gasteiger partial charge in [0.1, 0.15) is 13.2 Å². The molecular formula is C84H146NO8+. The van der Waals surface area contributed by atoms with Crippen LogP contribution in [-0.2, 0) is 33.3 Å². The second-order valence-electron chi connectivity index (χ2n) is 26.9. The average molecular weight is 1300 g/mol. The van der Waals surface area contributed by atoms with Crippen molar-refractivity contribution in [1.29, 1.82) is 0 Å². The molecule has 0 fully saturated rings. The van der Waals surface area contributed by atoms with Gasteiger partial charge in [0.15, 0.2) is 6.10 Å². The Hall–Kier alpha value is -4.31. The number of rotatable bonds is 71. The monoisotopic (exact) mass is 1300 g/mol. The standard InChI is InChI=1S/C84H145NO8/c1-6-8-10-12-14-16-18-20-22-24-26-28-30-32-34-36-38-39-40-41-42-43-45-47-49-51-53-55-57-59-61-63-65-67-69-71-73-75-82(87)93-80(79-92-84(83(88)89)90-77-76-85(3,4)5)78-91-81(86)74-72-70-68-66-64-62-60-58-56-54-52-50-48-46-44-37-35-33-31-29-27-25-23-21-19-17-15-13-11-9-7-2/h8-11,14-17,20-23,26-29,32,34,38-39,80,84H,6-7,12-13,18-19,24-25,30-31,33,35-37,40-79H2,1-5H3/p+1/b10-8-,11-9-,16-14-,17-15-,22-20-,23-21-,28-26-,29-27-,34-32-,39-38-. The van der Waals surface area contributed by atoms with Gasteiger partial charge >= 0.3 is 17.9 Å². The molecule has 0 saturated carbocycles. The zero-order chi connectivity index (χ0) is 67.5. The highest BCUT2D eigenvalue weighted by atomic mass is 16.7. The molecule has 93 heavy (non-hydrogen) atoms. The van der Waals surface area contributed by atoms with Gasteiger partial charge in [-0.25, -0.2) is 4.79 Å². The normalized spacial score (nSPS) is 13.3. The molecule has 0 saturated heterocycles. The van der Waals surface area contributed by atoms with Gasteiger partial charge in [0.2, 0.25) is 0 Å². The smallest absolute Gasteiger partial charge is 0.361 e. The summed E-state index contributed by atoms with van der Waals surface area (Å²) < 4.78 is 23.0. The lowest BCUT2D eigenvalue weighted by Gasteiger charge is -2.25. The Morgan fingerprint density at radius 3 is 0.860 bits per heavy atom. The van der Waals surface area contributed by atoms with E-state index in [1.165, 1.54) is 205 Å². The maximum absolute atomic E-state index is 13.0. The third-order valence-electron chi connectivity index (χ3n) is 16.7. The van der Waals surface area contributed by atoms with E-state index in [2.05, 4.69) is 135 Å². The van der Waals surface area contributed by atoms with Crippen LogP contribution in [0.3, 0.4) is 0 Å². The molecule has 0 heterocycles. The number of carboxylic acids is 1. The zero-order valence-corrected chi connectivity index (χ0v) is 61.1. The summed E-state index contributed by atoms with van der Waals surface area (Å²) in [6.45, 7) is 4.69. The minimum Gasteiger partial charge on any atom is -0.477 e. The Kier molecular flexibility index (Phi) is 70.1. The quantitative estimate of drug-likeness (QED) is 0.0211. The minimum absolute atomic E-state index is 0.182. The van der Waals surface area contributed by atoms with Crippen molar-refractivity contribution in [3.8, 4) is 0 Å². The number of hydrogen-bond donors (Lipinski definition) is 1. The molecule has 0 amide bonds. The lowest BCUT2D eigenvalue weighted by atomic mass is 10.0. The first kappa shape index (κ1) is 88.7. The first-order valence-corrected chi connectivity index (χ1v) is 38.7. The van der Waals surface area contributed by atoms with Gasteiger partial charge in [0, 0.05) is 12.8 Å². The van der Waals surface area contributed by atoms with Crippen LogP contribution in [0, 0.1) is 0 Å². The lowest BCUT2D eigenvalue weighted by Crippen LogP contribution is -2.40. The fraction of sp³-hybridized carbons (Fsp3) is 0.726. The number of nitrogens with zero attached hydrogens (tertiary/aromatic N) is 1. The van der Waals surface area contributed by atoms with Gasteiger partial charge in [0.25, 0.3) is 6.29 Å². The van der Waals surface area contributed by atoms with Crippen LogP contribution < -0.4 is 0 Å². The van der Waals surface area contributed by atoms with Crippen LogP contribution in [0.5, 0.6) is 0 Å².